The van der Waals surface area contributed by atoms with Crippen LogP contribution >= 0.6 is 0 Å². The molecular formula is C19H15N5O. The Hall–Kier alpha value is -3.72. The molecule has 0 fully saturated rings. The molecule has 1 aromatic carbocycles. The van der Waals surface area contributed by atoms with E-state index in [1.165, 1.54) is 6.20 Å². The minimum Gasteiger partial charge on any atom is -0.349 e. The zero-order valence-electron chi connectivity index (χ0n) is 13.4. The van der Waals surface area contributed by atoms with Gasteiger partial charge in [0.2, 0.25) is 0 Å². The van der Waals surface area contributed by atoms with Crippen LogP contribution in [0.5, 0.6) is 0 Å². The Balaban J connectivity index is 1.78. The highest BCUT2D eigenvalue weighted by Crippen LogP contribution is 2.18. The number of pyridine rings is 1. The molecule has 0 bridgehead atoms. The third-order valence-corrected chi connectivity index (χ3v) is 3.57. The molecule has 2 aromatic heterocycles. The van der Waals surface area contributed by atoms with Gasteiger partial charge in [-0.1, -0.05) is 6.08 Å². The summed E-state index contributed by atoms with van der Waals surface area (Å²) in [6, 6.07) is 12.7. The van der Waals surface area contributed by atoms with E-state index in [1.54, 1.807) is 41.2 Å². The van der Waals surface area contributed by atoms with Gasteiger partial charge in [0.1, 0.15) is 0 Å². The predicted octanol–water partition coefficient (Wildman–Crippen LogP) is 2.72. The van der Waals surface area contributed by atoms with Crippen molar-refractivity contribution >= 4 is 5.91 Å². The van der Waals surface area contributed by atoms with Gasteiger partial charge in [-0.15, -0.1) is 6.58 Å². The van der Waals surface area contributed by atoms with Crippen molar-refractivity contribution in [1.29, 1.82) is 5.26 Å². The Kier molecular flexibility index (Phi) is 4.67. The number of nitrogens with zero attached hydrogens (tertiary/aromatic N) is 4. The topological polar surface area (TPSA) is 83.6 Å². The maximum atomic E-state index is 11.9. The molecule has 3 rings (SSSR count). The van der Waals surface area contributed by atoms with Crippen molar-refractivity contribution in [2.45, 2.75) is 0 Å². The van der Waals surface area contributed by atoms with E-state index in [0.29, 0.717) is 17.7 Å². The van der Waals surface area contributed by atoms with Gasteiger partial charge in [-0.2, -0.15) is 10.4 Å². The minimum absolute atomic E-state index is 0.188. The van der Waals surface area contributed by atoms with Gasteiger partial charge in [-0.3, -0.25) is 9.78 Å². The number of aromatic nitrogens is 3. The fourth-order valence-corrected chi connectivity index (χ4v) is 2.25. The summed E-state index contributed by atoms with van der Waals surface area (Å²) in [5, 5.41) is 15.9. The van der Waals surface area contributed by atoms with Crippen molar-refractivity contribution in [1.82, 2.24) is 20.1 Å². The van der Waals surface area contributed by atoms with Crippen molar-refractivity contribution in [3.63, 3.8) is 0 Å². The second kappa shape index (κ2) is 7.23. The van der Waals surface area contributed by atoms with E-state index in [4.69, 9.17) is 5.26 Å². The van der Waals surface area contributed by atoms with E-state index in [2.05, 4.69) is 28.0 Å². The number of hydrogen-bond donors (Lipinski definition) is 1. The van der Waals surface area contributed by atoms with E-state index in [1.807, 2.05) is 18.3 Å². The molecule has 0 aliphatic carbocycles. The third-order valence-electron chi connectivity index (χ3n) is 3.57. The van der Waals surface area contributed by atoms with Crippen LogP contribution < -0.4 is 5.32 Å². The first kappa shape index (κ1) is 16.1. The Morgan fingerprint density at radius 3 is 2.68 bits per heavy atom. The average molecular weight is 329 g/mol. The minimum atomic E-state index is -0.188. The number of nitriles is 1. The van der Waals surface area contributed by atoms with Crippen molar-refractivity contribution < 1.29 is 4.79 Å². The van der Waals surface area contributed by atoms with Crippen LogP contribution in [0.15, 0.2) is 67.6 Å². The highest BCUT2D eigenvalue weighted by molar-refractivity contribution is 5.94. The lowest BCUT2D eigenvalue weighted by atomic mass is 10.2. The summed E-state index contributed by atoms with van der Waals surface area (Å²) in [6.45, 7) is 3.98. The lowest BCUT2D eigenvalue weighted by Crippen LogP contribution is -2.23. The van der Waals surface area contributed by atoms with E-state index >= 15 is 0 Å². The van der Waals surface area contributed by atoms with Crippen LogP contribution in [0.2, 0.25) is 0 Å². The Morgan fingerprint density at radius 2 is 2.04 bits per heavy atom. The van der Waals surface area contributed by atoms with Gasteiger partial charge in [-0.25, -0.2) is 4.68 Å². The Bertz CT molecular complexity index is 933. The quantitative estimate of drug-likeness (QED) is 0.730. The number of hydrogen-bond acceptors (Lipinski definition) is 4. The molecule has 25 heavy (non-hydrogen) atoms. The van der Waals surface area contributed by atoms with Crippen LogP contribution in [0.25, 0.3) is 16.9 Å². The predicted molar refractivity (Wildman–Crippen MR) is 94.0 cm³/mol. The summed E-state index contributed by atoms with van der Waals surface area (Å²) >= 11 is 0. The molecule has 3 aromatic rings. The normalized spacial score (nSPS) is 10.0. The third kappa shape index (κ3) is 3.62. The number of rotatable bonds is 5. The molecule has 0 spiro atoms. The van der Waals surface area contributed by atoms with E-state index < -0.39 is 0 Å². The zero-order valence-corrected chi connectivity index (χ0v) is 13.4. The molecule has 0 saturated heterocycles. The summed E-state index contributed by atoms with van der Waals surface area (Å²) in [7, 11) is 0. The van der Waals surface area contributed by atoms with Gasteiger partial charge in [0.15, 0.2) is 0 Å². The first-order chi connectivity index (χ1) is 12.2. The van der Waals surface area contributed by atoms with Crippen LogP contribution in [0.3, 0.4) is 0 Å². The molecule has 0 saturated carbocycles. The van der Waals surface area contributed by atoms with Gasteiger partial charge >= 0.3 is 0 Å². The summed E-state index contributed by atoms with van der Waals surface area (Å²) in [5.41, 5.74) is 3.50. The monoisotopic (exact) mass is 329 g/mol. The molecule has 2 heterocycles. The molecule has 1 N–H and O–H groups in total. The largest absolute Gasteiger partial charge is 0.349 e. The Morgan fingerprint density at radius 1 is 1.24 bits per heavy atom. The van der Waals surface area contributed by atoms with Crippen LogP contribution in [-0.2, 0) is 0 Å². The molecule has 0 radical (unpaired) electrons. The van der Waals surface area contributed by atoms with Crippen molar-refractivity contribution in [2.24, 2.45) is 0 Å². The molecule has 0 aliphatic rings. The summed E-state index contributed by atoms with van der Waals surface area (Å²) in [5.74, 6) is -0.188. The number of carbonyl (C=O) groups excluding carboxylic acids is 1. The summed E-state index contributed by atoms with van der Waals surface area (Å²) in [6.07, 6.45) is 6.71. The SMILES string of the molecule is C=CCNC(=O)c1ccc(-c2cnn(-c3ccc(C#N)cc3)c2)nc1. The zero-order chi connectivity index (χ0) is 17.6. The maximum absolute atomic E-state index is 11.9. The second-order valence-corrected chi connectivity index (χ2v) is 5.26. The molecule has 1 amide bonds. The molecule has 122 valence electrons. The van der Waals surface area contributed by atoms with Gasteiger partial charge in [-0.05, 0) is 36.4 Å². The number of amides is 1. The molecule has 0 aliphatic heterocycles. The van der Waals surface area contributed by atoms with Crippen LogP contribution in [0, 0.1) is 11.3 Å². The number of nitrogens with one attached hydrogen (secondary N) is 1. The lowest BCUT2D eigenvalue weighted by molar-refractivity contribution is 0.0957. The Labute approximate surface area is 145 Å². The van der Waals surface area contributed by atoms with Crippen molar-refractivity contribution in [3.05, 3.63) is 78.8 Å². The molecule has 6 heteroatoms. The van der Waals surface area contributed by atoms with E-state index in [-0.39, 0.29) is 5.91 Å². The van der Waals surface area contributed by atoms with Gasteiger partial charge < -0.3 is 5.32 Å². The molecule has 0 atom stereocenters. The van der Waals surface area contributed by atoms with Crippen LogP contribution in [0.1, 0.15) is 15.9 Å². The van der Waals surface area contributed by atoms with Crippen LogP contribution in [0.4, 0.5) is 0 Å². The molecular weight excluding hydrogens is 314 g/mol. The summed E-state index contributed by atoms with van der Waals surface area (Å²) < 4.78 is 1.71. The lowest BCUT2D eigenvalue weighted by Gasteiger charge is -2.03. The second-order valence-electron chi connectivity index (χ2n) is 5.26. The summed E-state index contributed by atoms with van der Waals surface area (Å²) in [4.78, 5) is 16.2. The fourth-order valence-electron chi connectivity index (χ4n) is 2.25. The van der Waals surface area contributed by atoms with E-state index in [0.717, 1.165) is 16.9 Å². The van der Waals surface area contributed by atoms with Crippen LogP contribution in [-0.4, -0.2) is 27.2 Å². The number of carbonyl (C=O) groups is 1. The highest BCUT2D eigenvalue weighted by atomic mass is 16.1. The molecule has 0 unspecified atom stereocenters. The fraction of sp³-hybridized carbons (Fsp3) is 0.0526. The van der Waals surface area contributed by atoms with Gasteiger partial charge in [0, 0.05) is 24.5 Å². The first-order valence-corrected chi connectivity index (χ1v) is 7.62. The van der Waals surface area contributed by atoms with Crippen molar-refractivity contribution in [2.75, 3.05) is 6.54 Å². The van der Waals surface area contributed by atoms with Gasteiger partial charge in [0.05, 0.1) is 34.8 Å². The highest BCUT2D eigenvalue weighted by Gasteiger charge is 2.08. The first-order valence-electron chi connectivity index (χ1n) is 7.62. The molecule has 6 nitrogen and oxygen atoms in total. The van der Waals surface area contributed by atoms with E-state index in [9.17, 15) is 4.79 Å². The maximum Gasteiger partial charge on any atom is 0.253 e. The number of benzene rings is 1. The average Bonchev–Trinajstić information content (AvgIpc) is 3.16. The standard InChI is InChI=1S/C19H15N5O/c1-2-9-21-19(25)15-5-8-18(22-11-15)16-12-23-24(13-16)17-6-3-14(10-20)4-7-17/h2-8,11-13H,1,9H2,(H,21,25). The van der Waals surface area contributed by atoms with Gasteiger partial charge in [0.25, 0.3) is 5.91 Å². The van der Waals surface area contributed by atoms with Crippen molar-refractivity contribution in [3.8, 4) is 23.0 Å². The smallest absolute Gasteiger partial charge is 0.253 e.